The van der Waals surface area contributed by atoms with Gasteiger partial charge in [0.25, 0.3) is 0 Å². The van der Waals surface area contributed by atoms with Gasteiger partial charge in [-0.2, -0.15) is 11.8 Å². The van der Waals surface area contributed by atoms with E-state index in [1.165, 1.54) is 18.6 Å². The van der Waals surface area contributed by atoms with Gasteiger partial charge in [-0.15, -0.1) is 11.8 Å². The molecule has 2 atom stereocenters. The third kappa shape index (κ3) is 2.71. The standard InChI is InChI=1S/C9H16N2S/c1-2-3-5-8(11-10)9-6-4-7-12-9/h8-9,11H,4-7,10H2,1H3. The summed E-state index contributed by atoms with van der Waals surface area (Å²) in [5.41, 5.74) is 2.86. The van der Waals surface area contributed by atoms with Crippen LogP contribution in [0, 0.1) is 11.8 Å². The third-order valence-corrected chi connectivity index (χ3v) is 3.64. The highest BCUT2D eigenvalue weighted by molar-refractivity contribution is 8.00. The number of nitrogens with one attached hydrogen (secondary N) is 1. The highest BCUT2D eigenvalue weighted by Crippen LogP contribution is 2.29. The lowest BCUT2D eigenvalue weighted by molar-refractivity contribution is 0.508. The summed E-state index contributed by atoms with van der Waals surface area (Å²) in [7, 11) is 0. The van der Waals surface area contributed by atoms with Gasteiger partial charge in [-0.3, -0.25) is 11.3 Å². The molecule has 1 aliphatic heterocycles. The summed E-state index contributed by atoms with van der Waals surface area (Å²) in [6.07, 6.45) is 3.49. The van der Waals surface area contributed by atoms with Crippen LogP contribution in [0.4, 0.5) is 0 Å². The molecular weight excluding hydrogens is 168 g/mol. The molecule has 0 aliphatic carbocycles. The van der Waals surface area contributed by atoms with Gasteiger partial charge in [0, 0.05) is 17.7 Å². The smallest absolute Gasteiger partial charge is 0.0438 e. The van der Waals surface area contributed by atoms with Crippen molar-refractivity contribution in [2.24, 2.45) is 5.84 Å². The van der Waals surface area contributed by atoms with Crippen LogP contribution >= 0.6 is 11.8 Å². The SMILES string of the molecule is CC#CCC(NN)C1CCCS1. The lowest BCUT2D eigenvalue weighted by Crippen LogP contribution is -2.41. The summed E-state index contributed by atoms with van der Waals surface area (Å²) in [5.74, 6) is 12.7. The molecule has 0 amide bonds. The second kappa shape index (κ2) is 5.47. The Labute approximate surface area is 78.6 Å². The van der Waals surface area contributed by atoms with Crippen LogP contribution in [-0.4, -0.2) is 17.0 Å². The van der Waals surface area contributed by atoms with Gasteiger partial charge >= 0.3 is 0 Å². The number of hydrogen-bond donors (Lipinski definition) is 2. The Morgan fingerprint density at radius 2 is 2.58 bits per heavy atom. The minimum atomic E-state index is 0.380. The molecule has 0 radical (unpaired) electrons. The predicted octanol–water partition coefficient (Wildman–Crippen LogP) is 1.13. The molecule has 0 aromatic rings. The van der Waals surface area contributed by atoms with Gasteiger partial charge in [0.2, 0.25) is 0 Å². The molecule has 1 saturated heterocycles. The van der Waals surface area contributed by atoms with Gasteiger partial charge in [-0.1, -0.05) is 0 Å². The first-order valence-electron chi connectivity index (χ1n) is 4.36. The van der Waals surface area contributed by atoms with Crippen molar-refractivity contribution >= 4 is 11.8 Å². The first-order chi connectivity index (χ1) is 5.88. The summed E-state index contributed by atoms with van der Waals surface area (Å²) in [6.45, 7) is 1.87. The maximum absolute atomic E-state index is 5.46. The quantitative estimate of drug-likeness (QED) is 0.392. The van der Waals surface area contributed by atoms with Crippen LogP contribution in [0.2, 0.25) is 0 Å². The fourth-order valence-corrected chi connectivity index (χ4v) is 2.81. The molecule has 68 valence electrons. The zero-order chi connectivity index (χ0) is 8.81. The minimum absolute atomic E-state index is 0.380. The predicted molar refractivity (Wildman–Crippen MR) is 54.7 cm³/mol. The average Bonchev–Trinajstić information content (AvgIpc) is 2.59. The Balaban J connectivity index is 2.35. The summed E-state index contributed by atoms with van der Waals surface area (Å²) in [6, 6.07) is 0.380. The van der Waals surface area contributed by atoms with E-state index in [2.05, 4.69) is 17.3 Å². The summed E-state index contributed by atoms with van der Waals surface area (Å²) < 4.78 is 0. The Bertz CT molecular complexity index is 177. The first-order valence-corrected chi connectivity index (χ1v) is 5.40. The maximum Gasteiger partial charge on any atom is 0.0438 e. The first kappa shape index (κ1) is 9.91. The zero-order valence-corrected chi connectivity index (χ0v) is 8.29. The molecule has 1 aliphatic rings. The van der Waals surface area contributed by atoms with Crippen molar-refractivity contribution < 1.29 is 0 Å². The van der Waals surface area contributed by atoms with E-state index in [4.69, 9.17) is 5.84 Å². The van der Waals surface area contributed by atoms with Crippen molar-refractivity contribution in [2.45, 2.75) is 37.5 Å². The molecule has 0 aromatic carbocycles. The van der Waals surface area contributed by atoms with Gasteiger partial charge in [0.05, 0.1) is 0 Å². The van der Waals surface area contributed by atoms with Crippen LogP contribution in [0.1, 0.15) is 26.2 Å². The molecule has 1 rings (SSSR count). The normalized spacial score (nSPS) is 24.7. The minimum Gasteiger partial charge on any atom is -0.271 e. The van der Waals surface area contributed by atoms with Crippen molar-refractivity contribution in [1.82, 2.24) is 5.43 Å². The Hall–Kier alpha value is -0.170. The molecule has 2 nitrogen and oxygen atoms in total. The summed E-state index contributed by atoms with van der Waals surface area (Å²) in [5, 5.41) is 0.677. The van der Waals surface area contributed by atoms with Crippen molar-refractivity contribution in [2.75, 3.05) is 5.75 Å². The van der Waals surface area contributed by atoms with Crippen molar-refractivity contribution in [3.63, 3.8) is 0 Å². The Kier molecular flexibility index (Phi) is 4.52. The van der Waals surface area contributed by atoms with Crippen LogP contribution in [-0.2, 0) is 0 Å². The molecule has 0 spiro atoms. The van der Waals surface area contributed by atoms with Gasteiger partial charge in [0.15, 0.2) is 0 Å². The molecule has 12 heavy (non-hydrogen) atoms. The molecule has 3 N–H and O–H groups in total. The molecular formula is C9H16N2S. The number of thioether (sulfide) groups is 1. The lowest BCUT2D eigenvalue weighted by atomic mass is 10.1. The summed E-state index contributed by atoms with van der Waals surface area (Å²) in [4.78, 5) is 0. The van der Waals surface area contributed by atoms with Crippen LogP contribution in [0.3, 0.4) is 0 Å². The summed E-state index contributed by atoms with van der Waals surface area (Å²) >= 11 is 2.02. The number of hydrogen-bond acceptors (Lipinski definition) is 3. The topological polar surface area (TPSA) is 38.0 Å². The Morgan fingerprint density at radius 1 is 1.75 bits per heavy atom. The van der Waals surface area contributed by atoms with Crippen LogP contribution in [0.25, 0.3) is 0 Å². The monoisotopic (exact) mass is 184 g/mol. The fraction of sp³-hybridized carbons (Fsp3) is 0.778. The van der Waals surface area contributed by atoms with Gasteiger partial charge in [0.1, 0.15) is 0 Å². The molecule has 0 aromatic heterocycles. The second-order valence-corrected chi connectivity index (χ2v) is 4.30. The van der Waals surface area contributed by atoms with Gasteiger partial charge in [-0.25, -0.2) is 0 Å². The van der Waals surface area contributed by atoms with E-state index in [0.717, 1.165) is 6.42 Å². The average molecular weight is 184 g/mol. The lowest BCUT2D eigenvalue weighted by Gasteiger charge is -2.19. The Morgan fingerprint density at radius 3 is 3.08 bits per heavy atom. The highest BCUT2D eigenvalue weighted by Gasteiger charge is 2.23. The largest absolute Gasteiger partial charge is 0.271 e. The van der Waals surface area contributed by atoms with Gasteiger partial charge < -0.3 is 0 Å². The van der Waals surface area contributed by atoms with E-state index >= 15 is 0 Å². The van der Waals surface area contributed by atoms with E-state index in [1.54, 1.807) is 0 Å². The third-order valence-electron chi connectivity index (χ3n) is 2.13. The second-order valence-electron chi connectivity index (χ2n) is 2.96. The van der Waals surface area contributed by atoms with Crippen molar-refractivity contribution in [3.8, 4) is 11.8 Å². The fourth-order valence-electron chi connectivity index (χ4n) is 1.43. The molecule has 3 heteroatoms. The highest BCUT2D eigenvalue weighted by atomic mass is 32.2. The van der Waals surface area contributed by atoms with E-state index in [9.17, 15) is 0 Å². The van der Waals surface area contributed by atoms with Gasteiger partial charge in [-0.05, 0) is 25.5 Å². The maximum atomic E-state index is 5.46. The zero-order valence-electron chi connectivity index (χ0n) is 7.47. The molecule has 0 saturated carbocycles. The van der Waals surface area contributed by atoms with Crippen LogP contribution in [0.15, 0.2) is 0 Å². The van der Waals surface area contributed by atoms with Crippen LogP contribution < -0.4 is 11.3 Å². The molecule has 0 bridgehead atoms. The van der Waals surface area contributed by atoms with Crippen molar-refractivity contribution in [3.05, 3.63) is 0 Å². The molecule has 1 heterocycles. The van der Waals surface area contributed by atoms with E-state index in [-0.39, 0.29) is 0 Å². The number of nitrogens with two attached hydrogens (primary N) is 1. The molecule has 1 fully saturated rings. The number of hydrazine groups is 1. The number of rotatable bonds is 3. The van der Waals surface area contributed by atoms with Crippen molar-refractivity contribution in [1.29, 1.82) is 0 Å². The van der Waals surface area contributed by atoms with E-state index in [0.29, 0.717) is 11.3 Å². The van der Waals surface area contributed by atoms with E-state index < -0.39 is 0 Å². The van der Waals surface area contributed by atoms with E-state index in [1.807, 2.05) is 18.7 Å². The van der Waals surface area contributed by atoms with Crippen LogP contribution in [0.5, 0.6) is 0 Å². The molecule has 2 unspecified atom stereocenters.